The van der Waals surface area contributed by atoms with Gasteiger partial charge in [-0.3, -0.25) is 0 Å². The van der Waals surface area contributed by atoms with Crippen LogP contribution in [0.5, 0.6) is 0 Å². The second-order valence-electron chi connectivity index (χ2n) is 15.7. The van der Waals surface area contributed by atoms with Gasteiger partial charge in [0.25, 0.3) is 0 Å². The second kappa shape index (κ2) is 13.0. The van der Waals surface area contributed by atoms with Gasteiger partial charge in [0.15, 0.2) is 5.82 Å². The molecule has 0 spiro atoms. The third kappa shape index (κ3) is 5.33. The molecule has 1 aliphatic rings. The first kappa shape index (κ1) is 33.2. The van der Waals surface area contributed by atoms with E-state index in [0.717, 1.165) is 33.5 Å². The molecule has 0 fully saturated rings. The van der Waals surface area contributed by atoms with E-state index < -0.39 is 0 Å². The van der Waals surface area contributed by atoms with E-state index in [1.54, 1.807) is 0 Å². The number of nitrogens with zero attached hydrogens (tertiary/aromatic N) is 2. The Hall–Kier alpha value is -7.16. The number of aromatic nitrogens is 2. The van der Waals surface area contributed by atoms with E-state index >= 15 is 0 Å². The summed E-state index contributed by atoms with van der Waals surface area (Å²) in [4.78, 5) is 10.4. The average molecular weight is 727 g/mol. The first-order valence-corrected chi connectivity index (χ1v) is 19.7. The van der Waals surface area contributed by atoms with Crippen LogP contribution in [0.25, 0.3) is 99.6 Å². The molecule has 10 aromatic rings. The Morgan fingerprint density at radius 1 is 0.316 bits per heavy atom. The van der Waals surface area contributed by atoms with Crippen LogP contribution in [0.2, 0.25) is 0 Å². The number of fused-ring (bicyclic) bond motifs is 7. The minimum absolute atomic E-state index is 0.159. The summed E-state index contributed by atoms with van der Waals surface area (Å²) < 4.78 is 0. The summed E-state index contributed by atoms with van der Waals surface area (Å²) in [6, 6.07) is 70.1. The summed E-state index contributed by atoms with van der Waals surface area (Å²) >= 11 is 0. The van der Waals surface area contributed by atoms with Gasteiger partial charge in [-0.05, 0) is 89.0 Å². The maximum absolute atomic E-state index is 5.26. The molecule has 11 rings (SSSR count). The first-order chi connectivity index (χ1) is 28.0. The first-order valence-electron chi connectivity index (χ1n) is 19.7. The molecule has 0 bridgehead atoms. The van der Waals surface area contributed by atoms with Crippen molar-refractivity contribution < 1.29 is 0 Å². The Labute approximate surface area is 332 Å². The Morgan fingerprint density at radius 2 is 0.789 bits per heavy atom. The second-order valence-corrected chi connectivity index (χ2v) is 15.7. The van der Waals surface area contributed by atoms with E-state index in [0.29, 0.717) is 5.82 Å². The predicted molar refractivity (Wildman–Crippen MR) is 239 cm³/mol. The fraction of sp³-hybridized carbons (Fsp3) is 0.0545. The molecule has 0 saturated carbocycles. The van der Waals surface area contributed by atoms with Crippen LogP contribution in [0, 0.1) is 0 Å². The smallest absolute Gasteiger partial charge is 0.160 e. The molecular formula is C55H38N2. The Balaban J connectivity index is 1.06. The third-order valence-corrected chi connectivity index (χ3v) is 12.0. The van der Waals surface area contributed by atoms with Gasteiger partial charge in [-0.15, -0.1) is 0 Å². The van der Waals surface area contributed by atoms with Gasteiger partial charge in [0.05, 0.1) is 11.4 Å². The maximum atomic E-state index is 5.26. The molecule has 1 aromatic heterocycles. The molecule has 0 aliphatic heterocycles. The molecule has 0 saturated heterocycles. The van der Waals surface area contributed by atoms with Crippen LogP contribution >= 0.6 is 0 Å². The highest BCUT2D eigenvalue weighted by atomic mass is 14.9. The largest absolute Gasteiger partial charge is 0.228 e. The van der Waals surface area contributed by atoms with Crippen LogP contribution in [-0.4, -0.2) is 9.97 Å². The van der Waals surface area contributed by atoms with Crippen molar-refractivity contribution in [2.24, 2.45) is 0 Å². The normalized spacial score (nSPS) is 12.9. The maximum Gasteiger partial charge on any atom is 0.160 e. The van der Waals surface area contributed by atoms with Crippen molar-refractivity contribution >= 4 is 32.3 Å². The molecule has 1 aliphatic carbocycles. The standard InChI is InChI=1S/C55H38N2/c1-55(2)52-42-23-9-7-16-36(42)29-30-49(52)48-28-14-26-43(53(48)55)39-21-12-20-38(33-39)41-31-32-47(45-25-11-10-24-44(41)45)51-34-50(56-54(57-51)37-17-4-3-5-18-37)46-27-13-19-35-15-6-8-22-40(35)46/h3-34H,1-2H3. The van der Waals surface area contributed by atoms with Crippen molar-refractivity contribution in [2.45, 2.75) is 19.3 Å². The minimum Gasteiger partial charge on any atom is -0.228 e. The molecule has 1 heterocycles. The third-order valence-electron chi connectivity index (χ3n) is 12.0. The van der Waals surface area contributed by atoms with Crippen molar-refractivity contribution in [1.82, 2.24) is 9.97 Å². The lowest BCUT2D eigenvalue weighted by atomic mass is 9.77. The van der Waals surface area contributed by atoms with E-state index in [9.17, 15) is 0 Å². The lowest BCUT2D eigenvalue weighted by Gasteiger charge is -2.26. The van der Waals surface area contributed by atoms with Crippen molar-refractivity contribution in [2.75, 3.05) is 0 Å². The monoisotopic (exact) mass is 726 g/mol. The molecule has 57 heavy (non-hydrogen) atoms. The van der Waals surface area contributed by atoms with Crippen molar-refractivity contribution in [3.63, 3.8) is 0 Å². The summed E-state index contributed by atoms with van der Waals surface area (Å²) in [5.41, 5.74) is 15.2. The average Bonchev–Trinajstić information content (AvgIpc) is 3.52. The molecule has 2 heteroatoms. The molecular weight excluding hydrogens is 689 g/mol. The summed E-state index contributed by atoms with van der Waals surface area (Å²) in [5, 5.41) is 7.34. The quantitative estimate of drug-likeness (QED) is 0.176. The van der Waals surface area contributed by atoms with E-state index in [-0.39, 0.29) is 5.41 Å². The highest BCUT2D eigenvalue weighted by molar-refractivity contribution is 6.06. The van der Waals surface area contributed by atoms with Gasteiger partial charge in [0.2, 0.25) is 0 Å². The van der Waals surface area contributed by atoms with E-state index in [1.807, 2.05) is 18.2 Å². The molecule has 9 aromatic carbocycles. The van der Waals surface area contributed by atoms with Crippen LogP contribution in [0.4, 0.5) is 0 Å². The van der Waals surface area contributed by atoms with Crippen molar-refractivity contribution in [3.05, 3.63) is 205 Å². The molecule has 0 amide bonds. The summed E-state index contributed by atoms with van der Waals surface area (Å²) in [6.07, 6.45) is 0. The van der Waals surface area contributed by atoms with Gasteiger partial charge in [-0.1, -0.05) is 196 Å². The number of hydrogen-bond donors (Lipinski definition) is 0. The Kier molecular flexibility index (Phi) is 7.55. The van der Waals surface area contributed by atoms with Crippen molar-refractivity contribution in [1.29, 1.82) is 0 Å². The molecule has 0 unspecified atom stereocenters. The van der Waals surface area contributed by atoms with Crippen LogP contribution < -0.4 is 0 Å². The zero-order valence-electron chi connectivity index (χ0n) is 31.9. The fourth-order valence-corrected chi connectivity index (χ4v) is 9.50. The van der Waals surface area contributed by atoms with Gasteiger partial charge in [-0.25, -0.2) is 9.97 Å². The summed E-state index contributed by atoms with van der Waals surface area (Å²) in [7, 11) is 0. The highest BCUT2D eigenvalue weighted by Gasteiger charge is 2.38. The fourth-order valence-electron chi connectivity index (χ4n) is 9.50. The van der Waals surface area contributed by atoms with Gasteiger partial charge in [-0.2, -0.15) is 0 Å². The van der Waals surface area contributed by atoms with Crippen LogP contribution in [0.15, 0.2) is 194 Å². The van der Waals surface area contributed by atoms with Crippen molar-refractivity contribution in [3.8, 4) is 67.3 Å². The lowest BCUT2D eigenvalue weighted by molar-refractivity contribution is 0.668. The molecule has 2 nitrogen and oxygen atoms in total. The SMILES string of the molecule is CC1(C)c2c(-c3cccc(-c4ccc(-c5cc(-c6cccc7ccccc67)nc(-c6ccccc6)n5)c5ccccc45)c3)cccc2-c2ccc3ccccc3c21. The van der Waals surface area contributed by atoms with E-state index in [1.165, 1.54) is 71.4 Å². The summed E-state index contributed by atoms with van der Waals surface area (Å²) in [5.74, 6) is 0.713. The lowest BCUT2D eigenvalue weighted by Crippen LogP contribution is -2.16. The number of rotatable bonds is 5. The number of hydrogen-bond acceptors (Lipinski definition) is 2. The van der Waals surface area contributed by atoms with Crippen LogP contribution in [0.3, 0.4) is 0 Å². The van der Waals surface area contributed by atoms with Crippen LogP contribution in [-0.2, 0) is 5.41 Å². The van der Waals surface area contributed by atoms with E-state index in [4.69, 9.17) is 9.97 Å². The molecule has 0 atom stereocenters. The zero-order chi connectivity index (χ0) is 38.1. The molecule has 0 radical (unpaired) electrons. The minimum atomic E-state index is -0.159. The highest BCUT2D eigenvalue weighted by Crippen LogP contribution is 2.54. The van der Waals surface area contributed by atoms with E-state index in [2.05, 4.69) is 190 Å². The van der Waals surface area contributed by atoms with Crippen LogP contribution in [0.1, 0.15) is 25.0 Å². The van der Waals surface area contributed by atoms with Gasteiger partial charge in [0, 0.05) is 22.1 Å². The molecule has 0 N–H and O–H groups in total. The Bertz CT molecular complexity index is 3210. The molecule has 268 valence electrons. The predicted octanol–water partition coefficient (Wildman–Crippen LogP) is 14.6. The topological polar surface area (TPSA) is 25.8 Å². The van der Waals surface area contributed by atoms with Gasteiger partial charge < -0.3 is 0 Å². The zero-order valence-corrected chi connectivity index (χ0v) is 31.9. The van der Waals surface area contributed by atoms with Gasteiger partial charge >= 0.3 is 0 Å². The summed E-state index contributed by atoms with van der Waals surface area (Å²) in [6.45, 7) is 4.79. The van der Waals surface area contributed by atoms with Gasteiger partial charge in [0.1, 0.15) is 0 Å². The Morgan fingerprint density at radius 3 is 1.56 bits per heavy atom. The number of benzene rings is 9.